The minimum atomic E-state index is -3.88. The lowest BCUT2D eigenvalue weighted by Gasteiger charge is -2.23. The predicted molar refractivity (Wildman–Crippen MR) is 151 cm³/mol. The van der Waals surface area contributed by atoms with Crippen molar-refractivity contribution in [2.75, 3.05) is 18.1 Å². The number of sulfonamides is 1. The van der Waals surface area contributed by atoms with Gasteiger partial charge in [0.25, 0.3) is 0 Å². The SMILES string of the molecule is Cc1ccccc1CCN(CNS(=O)(=O)c1ccccc1-c1ccc(-c2ncco2)cc1)c1onc(C)c1C. The maximum absolute atomic E-state index is 13.6. The first kappa shape index (κ1) is 26.4. The first-order chi connectivity index (χ1) is 18.8. The van der Waals surface area contributed by atoms with E-state index in [1.807, 2.05) is 61.2 Å². The Kier molecular flexibility index (Phi) is 7.63. The molecule has 8 nitrogen and oxygen atoms in total. The molecule has 0 fully saturated rings. The van der Waals surface area contributed by atoms with Crippen LogP contribution in [0.2, 0.25) is 0 Å². The van der Waals surface area contributed by atoms with Gasteiger partial charge in [-0.2, -0.15) is 4.72 Å². The molecule has 9 heteroatoms. The van der Waals surface area contributed by atoms with Gasteiger partial charge in [-0.3, -0.25) is 0 Å². The molecule has 2 heterocycles. The smallest absolute Gasteiger partial charge is 0.242 e. The van der Waals surface area contributed by atoms with Crippen LogP contribution in [-0.4, -0.2) is 31.8 Å². The molecule has 0 amide bonds. The number of hydrogen-bond acceptors (Lipinski definition) is 7. The van der Waals surface area contributed by atoms with Crippen LogP contribution in [-0.2, 0) is 16.4 Å². The summed E-state index contributed by atoms with van der Waals surface area (Å²) in [4.78, 5) is 6.24. The summed E-state index contributed by atoms with van der Waals surface area (Å²) in [6.07, 6.45) is 3.83. The van der Waals surface area contributed by atoms with E-state index in [-0.39, 0.29) is 11.6 Å². The lowest BCUT2D eigenvalue weighted by molar-refractivity contribution is 0.409. The van der Waals surface area contributed by atoms with E-state index in [0.717, 1.165) is 28.8 Å². The fourth-order valence-electron chi connectivity index (χ4n) is 4.44. The monoisotopic (exact) mass is 542 g/mol. The standard InChI is InChI=1S/C30H30N4O4S/c1-21-8-4-5-9-24(21)16-18-34(30-22(2)23(3)33-38-30)20-32-39(35,36)28-11-7-6-10-27(28)25-12-14-26(15-13-25)29-31-17-19-37-29/h4-15,17,19,32H,16,18,20H2,1-3H3. The number of hydrogen-bond donors (Lipinski definition) is 1. The first-order valence-electron chi connectivity index (χ1n) is 12.6. The number of aryl methyl sites for hydroxylation is 2. The zero-order valence-electron chi connectivity index (χ0n) is 22.1. The molecule has 0 aliphatic heterocycles. The van der Waals surface area contributed by atoms with Crippen LogP contribution in [0.5, 0.6) is 0 Å². The summed E-state index contributed by atoms with van der Waals surface area (Å²) in [6.45, 7) is 6.44. The molecule has 0 atom stereocenters. The zero-order chi connectivity index (χ0) is 27.4. The number of anilines is 1. The van der Waals surface area contributed by atoms with Crippen molar-refractivity contribution in [3.8, 4) is 22.6 Å². The molecular formula is C30H30N4O4S. The molecule has 0 aliphatic rings. The average molecular weight is 543 g/mol. The molecule has 0 unspecified atom stereocenters. The van der Waals surface area contributed by atoms with Gasteiger partial charge >= 0.3 is 0 Å². The van der Waals surface area contributed by atoms with Gasteiger partial charge in [0, 0.05) is 23.2 Å². The lowest BCUT2D eigenvalue weighted by Crippen LogP contribution is -2.39. The second-order valence-electron chi connectivity index (χ2n) is 9.35. The highest BCUT2D eigenvalue weighted by molar-refractivity contribution is 7.89. The zero-order valence-corrected chi connectivity index (χ0v) is 22.9. The van der Waals surface area contributed by atoms with Gasteiger partial charge in [-0.1, -0.05) is 59.8 Å². The third kappa shape index (κ3) is 5.79. The first-order valence-corrected chi connectivity index (χ1v) is 14.1. The molecule has 0 spiro atoms. The van der Waals surface area contributed by atoms with Crippen molar-refractivity contribution < 1.29 is 17.4 Å². The van der Waals surface area contributed by atoms with Gasteiger partial charge in [0.2, 0.25) is 21.8 Å². The van der Waals surface area contributed by atoms with Crippen molar-refractivity contribution in [2.24, 2.45) is 0 Å². The van der Waals surface area contributed by atoms with Crippen LogP contribution in [0.1, 0.15) is 22.4 Å². The molecular weight excluding hydrogens is 512 g/mol. The number of nitrogens with zero attached hydrogens (tertiary/aromatic N) is 3. The van der Waals surface area contributed by atoms with Crippen LogP contribution in [0.25, 0.3) is 22.6 Å². The van der Waals surface area contributed by atoms with E-state index in [0.29, 0.717) is 23.9 Å². The van der Waals surface area contributed by atoms with E-state index < -0.39 is 10.0 Å². The quantitative estimate of drug-likeness (QED) is 0.219. The fourth-order valence-corrected chi connectivity index (χ4v) is 5.65. The van der Waals surface area contributed by atoms with E-state index in [2.05, 4.69) is 33.9 Å². The molecule has 3 aromatic carbocycles. The highest BCUT2D eigenvalue weighted by atomic mass is 32.2. The fraction of sp³-hybridized carbons (Fsp3) is 0.200. The normalized spacial score (nSPS) is 11.6. The molecule has 5 rings (SSSR count). The molecule has 5 aromatic rings. The maximum Gasteiger partial charge on any atom is 0.242 e. The molecule has 0 aliphatic carbocycles. The summed E-state index contributed by atoms with van der Waals surface area (Å²) in [7, 11) is -3.88. The van der Waals surface area contributed by atoms with E-state index in [1.165, 1.54) is 17.4 Å². The molecule has 2 aromatic heterocycles. The second-order valence-corrected chi connectivity index (χ2v) is 11.1. The van der Waals surface area contributed by atoms with Gasteiger partial charge < -0.3 is 13.8 Å². The van der Waals surface area contributed by atoms with Crippen molar-refractivity contribution in [3.63, 3.8) is 0 Å². The molecule has 0 saturated heterocycles. The summed E-state index contributed by atoms with van der Waals surface area (Å²) in [6, 6.07) is 22.6. The minimum absolute atomic E-state index is 0.0289. The maximum atomic E-state index is 13.6. The number of benzene rings is 3. The van der Waals surface area contributed by atoms with Crippen LogP contribution < -0.4 is 9.62 Å². The summed E-state index contributed by atoms with van der Waals surface area (Å²) < 4.78 is 41.0. The molecule has 1 N–H and O–H groups in total. The molecule has 0 radical (unpaired) electrons. The summed E-state index contributed by atoms with van der Waals surface area (Å²) >= 11 is 0. The van der Waals surface area contributed by atoms with Crippen molar-refractivity contribution in [1.29, 1.82) is 0 Å². The van der Waals surface area contributed by atoms with Crippen molar-refractivity contribution in [1.82, 2.24) is 14.9 Å². The minimum Gasteiger partial charge on any atom is -0.445 e. The van der Waals surface area contributed by atoms with E-state index >= 15 is 0 Å². The lowest BCUT2D eigenvalue weighted by atomic mass is 10.0. The van der Waals surface area contributed by atoms with Gasteiger partial charge in [0.15, 0.2) is 0 Å². The van der Waals surface area contributed by atoms with Gasteiger partial charge in [-0.15, -0.1) is 0 Å². The third-order valence-corrected chi connectivity index (χ3v) is 8.27. The summed E-state index contributed by atoms with van der Waals surface area (Å²) in [5.74, 6) is 1.06. The van der Waals surface area contributed by atoms with Crippen LogP contribution in [0.4, 0.5) is 5.88 Å². The van der Waals surface area contributed by atoms with Gasteiger partial charge in [-0.05, 0) is 62.1 Å². The van der Waals surface area contributed by atoms with Crippen LogP contribution in [0.3, 0.4) is 0 Å². The van der Waals surface area contributed by atoms with Gasteiger partial charge in [0.1, 0.15) is 6.26 Å². The Morgan fingerprint density at radius 3 is 2.31 bits per heavy atom. The Bertz CT molecular complexity index is 1660. The van der Waals surface area contributed by atoms with E-state index in [1.54, 1.807) is 24.4 Å². The summed E-state index contributed by atoms with van der Waals surface area (Å²) in [5.41, 5.74) is 6.21. The molecule has 0 saturated carbocycles. The Balaban J connectivity index is 1.39. The van der Waals surface area contributed by atoms with Crippen LogP contribution in [0.15, 0.2) is 99.1 Å². The van der Waals surface area contributed by atoms with E-state index in [9.17, 15) is 8.42 Å². The number of nitrogens with one attached hydrogen (secondary N) is 1. The second kappa shape index (κ2) is 11.3. The highest BCUT2D eigenvalue weighted by Gasteiger charge is 2.23. The van der Waals surface area contributed by atoms with Crippen LogP contribution in [0, 0.1) is 20.8 Å². The summed E-state index contributed by atoms with van der Waals surface area (Å²) in [5, 5.41) is 4.09. The molecule has 200 valence electrons. The van der Waals surface area contributed by atoms with Gasteiger partial charge in [-0.25, -0.2) is 13.4 Å². The average Bonchev–Trinajstić information content (AvgIpc) is 3.60. The highest BCUT2D eigenvalue weighted by Crippen LogP contribution is 2.30. The van der Waals surface area contributed by atoms with Crippen molar-refractivity contribution in [2.45, 2.75) is 32.1 Å². The Morgan fingerprint density at radius 2 is 1.62 bits per heavy atom. The number of rotatable bonds is 10. The molecule has 0 bridgehead atoms. The molecule has 39 heavy (non-hydrogen) atoms. The van der Waals surface area contributed by atoms with Crippen molar-refractivity contribution >= 4 is 15.9 Å². The van der Waals surface area contributed by atoms with Gasteiger partial charge in [0.05, 0.1) is 23.5 Å². The van der Waals surface area contributed by atoms with Crippen LogP contribution >= 0.6 is 0 Å². The predicted octanol–water partition coefficient (Wildman–Crippen LogP) is 5.91. The Morgan fingerprint density at radius 1 is 0.897 bits per heavy atom. The largest absolute Gasteiger partial charge is 0.445 e. The Hall–Kier alpha value is -4.21. The van der Waals surface area contributed by atoms with E-state index in [4.69, 9.17) is 8.94 Å². The number of oxazole rings is 1. The Labute approximate surface area is 228 Å². The topological polar surface area (TPSA) is 101 Å². The third-order valence-electron chi connectivity index (χ3n) is 6.83. The van der Waals surface area contributed by atoms with Crippen molar-refractivity contribution in [3.05, 3.63) is 108 Å². The number of aromatic nitrogens is 2.